The Labute approximate surface area is 161 Å². The first kappa shape index (κ1) is 18.5. The molecule has 4 heteroatoms. The molecule has 27 heavy (non-hydrogen) atoms. The Balaban J connectivity index is 1.49. The molecule has 2 fully saturated rings. The van der Waals surface area contributed by atoms with Crippen LogP contribution >= 0.6 is 0 Å². The van der Waals surface area contributed by atoms with E-state index in [9.17, 15) is 14.7 Å². The van der Waals surface area contributed by atoms with Crippen molar-refractivity contribution in [3.8, 4) is 5.75 Å². The summed E-state index contributed by atoms with van der Waals surface area (Å²) in [5.41, 5.74) is 2.79. The Morgan fingerprint density at radius 3 is 2.78 bits per heavy atom. The molecule has 1 N–H and O–H groups in total. The van der Waals surface area contributed by atoms with E-state index in [1.165, 1.54) is 18.1 Å². The third-order valence-electron chi connectivity index (χ3n) is 7.58. The zero-order valence-electron chi connectivity index (χ0n) is 16.4. The third-order valence-corrected chi connectivity index (χ3v) is 7.58. The number of aromatic hydroxyl groups is 1. The molecule has 1 aromatic carbocycles. The van der Waals surface area contributed by atoms with Gasteiger partial charge in [-0.25, -0.2) is 0 Å². The highest BCUT2D eigenvalue weighted by atomic mass is 16.5. The fraction of sp³-hybridized carbons (Fsp3) is 0.652. The van der Waals surface area contributed by atoms with Gasteiger partial charge in [-0.2, -0.15) is 0 Å². The summed E-state index contributed by atoms with van der Waals surface area (Å²) in [6.45, 7) is 3.83. The summed E-state index contributed by atoms with van der Waals surface area (Å²) in [6, 6.07) is 5.88. The number of phenolic OH excluding ortho intramolecular Hbond substituents is 1. The van der Waals surface area contributed by atoms with Crippen LogP contribution in [0.25, 0.3) is 0 Å². The van der Waals surface area contributed by atoms with Crippen LogP contribution in [0, 0.1) is 17.3 Å². The van der Waals surface area contributed by atoms with Gasteiger partial charge >= 0.3 is 5.97 Å². The second-order valence-corrected chi connectivity index (χ2v) is 9.10. The summed E-state index contributed by atoms with van der Waals surface area (Å²) in [7, 11) is 0. The van der Waals surface area contributed by atoms with Crippen LogP contribution in [0.2, 0.25) is 0 Å². The molecule has 3 aliphatic carbocycles. The van der Waals surface area contributed by atoms with E-state index >= 15 is 0 Å². The Morgan fingerprint density at radius 2 is 2.00 bits per heavy atom. The van der Waals surface area contributed by atoms with Gasteiger partial charge in [-0.1, -0.05) is 13.0 Å². The van der Waals surface area contributed by atoms with Crippen molar-refractivity contribution in [2.75, 3.05) is 0 Å². The molecule has 4 nitrogen and oxygen atoms in total. The van der Waals surface area contributed by atoms with E-state index in [1.54, 1.807) is 0 Å². The minimum Gasteiger partial charge on any atom is -0.508 e. The summed E-state index contributed by atoms with van der Waals surface area (Å²) >= 11 is 0. The smallest absolute Gasteiger partial charge is 0.306 e. The van der Waals surface area contributed by atoms with E-state index in [1.807, 2.05) is 12.1 Å². The highest BCUT2D eigenvalue weighted by Crippen LogP contribution is 2.61. The number of hydrogen-bond donors (Lipinski definition) is 1. The van der Waals surface area contributed by atoms with Crippen molar-refractivity contribution >= 4 is 11.8 Å². The van der Waals surface area contributed by atoms with Gasteiger partial charge in [-0.05, 0) is 86.5 Å². The lowest BCUT2D eigenvalue weighted by molar-refractivity contribution is -0.158. The zero-order chi connectivity index (χ0) is 19.2. The maximum absolute atomic E-state index is 12.2. The highest BCUT2D eigenvalue weighted by molar-refractivity contribution is 5.81. The Kier molecular flexibility index (Phi) is 4.77. The number of rotatable bonds is 4. The monoisotopic (exact) mass is 370 g/mol. The number of ketones is 1. The van der Waals surface area contributed by atoms with Crippen LogP contribution in [0.3, 0.4) is 0 Å². The van der Waals surface area contributed by atoms with Crippen LogP contribution in [-0.2, 0) is 20.7 Å². The maximum Gasteiger partial charge on any atom is 0.306 e. The fourth-order valence-electron chi connectivity index (χ4n) is 6.21. The normalized spacial score (nSPS) is 34.3. The summed E-state index contributed by atoms with van der Waals surface area (Å²) in [5, 5.41) is 9.80. The maximum atomic E-state index is 12.2. The highest BCUT2D eigenvalue weighted by Gasteiger charge is 2.56. The Morgan fingerprint density at radius 1 is 1.19 bits per heavy atom. The summed E-state index contributed by atoms with van der Waals surface area (Å²) < 4.78 is 5.87. The molecular weight excluding hydrogens is 340 g/mol. The van der Waals surface area contributed by atoms with Gasteiger partial charge in [-0.15, -0.1) is 0 Å². The first-order valence-electron chi connectivity index (χ1n) is 10.4. The molecule has 1 aromatic rings. The van der Waals surface area contributed by atoms with Gasteiger partial charge < -0.3 is 14.6 Å². The lowest BCUT2D eigenvalue weighted by Gasteiger charge is -2.50. The molecule has 0 aromatic heterocycles. The molecule has 4 rings (SSSR count). The number of Topliss-reactive ketones (excluding diaryl/α,β-unsaturated/α-hetero) is 1. The molecule has 4 unspecified atom stereocenters. The molecule has 5 atom stereocenters. The van der Waals surface area contributed by atoms with Crippen molar-refractivity contribution in [1.82, 2.24) is 0 Å². The minimum absolute atomic E-state index is 0.0101. The molecule has 0 heterocycles. The largest absolute Gasteiger partial charge is 0.508 e. The molecule has 0 radical (unpaired) electrons. The molecule has 0 saturated heterocycles. The summed E-state index contributed by atoms with van der Waals surface area (Å²) in [6.07, 6.45) is 6.92. The van der Waals surface area contributed by atoms with Crippen molar-refractivity contribution < 1.29 is 19.4 Å². The van der Waals surface area contributed by atoms with Crippen LogP contribution in [0.1, 0.15) is 75.8 Å². The van der Waals surface area contributed by atoms with Crippen LogP contribution in [-0.4, -0.2) is 23.0 Å². The summed E-state index contributed by atoms with van der Waals surface area (Å²) in [5.74, 6) is 1.98. The molecular formula is C23H30O4. The van der Waals surface area contributed by atoms with Gasteiger partial charge in [0.25, 0.3) is 0 Å². The summed E-state index contributed by atoms with van der Waals surface area (Å²) in [4.78, 5) is 23.3. The van der Waals surface area contributed by atoms with E-state index in [0.717, 1.165) is 38.5 Å². The van der Waals surface area contributed by atoms with Crippen LogP contribution < -0.4 is 0 Å². The van der Waals surface area contributed by atoms with Gasteiger partial charge in [-0.3, -0.25) is 4.79 Å². The second kappa shape index (κ2) is 6.96. The second-order valence-electron chi connectivity index (χ2n) is 9.10. The van der Waals surface area contributed by atoms with Crippen molar-refractivity contribution in [2.24, 2.45) is 17.3 Å². The predicted molar refractivity (Wildman–Crippen MR) is 103 cm³/mol. The van der Waals surface area contributed by atoms with Gasteiger partial charge in [0.05, 0.1) is 6.42 Å². The zero-order valence-corrected chi connectivity index (χ0v) is 16.4. The number of carbonyl (C=O) groups is 2. The van der Waals surface area contributed by atoms with E-state index in [-0.39, 0.29) is 36.1 Å². The minimum atomic E-state index is -0.219. The first-order chi connectivity index (χ1) is 12.9. The number of phenols is 1. The number of hydrogen-bond acceptors (Lipinski definition) is 4. The van der Waals surface area contributed by atoms with E-state index in [0.29, 0.717) is 23.5 Å². The molecule has 0 bridgehead atoms. The van der Waals surface area contributed by atoms with Gasteiger partial charge in [0.1, 0.15) is 17.6 Å². The molecule has 0 aliphatic heterocycles. The van der Waals surface area contributed by atoms with E-state index < -0.39 is 0 Å². The van der Waals surface area contributed by atoms with Crippen molar-refractivity contribution in [1.29, 1.82) is 0 Å². The number of aryl methyl sites for hydroxylation is 1. The molecule has 0 amide bonds. The van der Waals surface area contributed by atoms with Crippen LogP contribution in [0.5, 0.6) is 5.75 Å². The first-order valence-corrected chi connectivity index (χ1v) is 10.4. The number of esters is 1. The molecule has 146 valence electrons. The van der Waals surface area contributed by atoms with E-state index in [4.69, 9.17) is 4.74 Å². The predicted octanol–water partition coefficient (Wildman–Crippen LogP) is 4.53. The fourth-order valence-corrected chi connectivity index (χ4v) is 6.21. The van der Waals surface area contributed by atoms with Crippen molar-refractivity contribution in [3.63, 3.8) is 0 Å². The lowest BCUT2D eigenvalue weighted by Crippen LogP contribution is -2.45. The number of fused-ring (bicyclic) bond motifs is 5. The SMILES string of the molecule is CC(=O)CCC(=O)O[C@H]1CCC2C3CCc4cc(O)ccc4C3CCC21C. The molecule has 3 aliphatic rings. The number of benzene rings is 1. The standard InChI is InChI=1S/C23H30O4/c1-14(24)3-10-22(26)27-21-9-8-20-19-6-4-15-13-16(25)5-7-17(15)18(19)11-12-23(20,21)2/h5,7,13,18-21,25H,3-4,6,8-12H2,1-2H3/t18?,19?,20?,21-,23?/m0/s1. The Hall–Kier alpha value is -1.84. The average molecular weight is 370 g/mol. The lowest BCUT2D eigenvalue weighted by atomic mass is 9.55. The van der Waals surface area contributed by atoms with E-state index in [2.05, 4.69) is 13.0 Å². The van der Waals surface area contributed by atoms with Crippen molar-refractivity contribution in [2.45, 2.75) is 77.2 Å². The molecule has 0 spiro atoms. The van der Waals surface area contributed by atoms with Crippen molar-refractivity contribution in [3.05, 3.63) is 29.3 Å². The van der Waals surface area contributed by atoms with Gasteiger partial charge in [0.15, 0.2) is 0 Å². The number of carbonyl (C=O) groups excluding carboxylic acids is 2. The van der Waals surface area contributed by atoms with Gasteiger partial charge in [0, 0.05) is 11.8 Å². The number of ether oxygens (including phenoxy) is 1. The average Bonchev–Trinajstić information content (AvgIpc) is 2.96. The Bertz CT molecular complexity index is 755. The van der Waals surface area contributed by atoms with Gasteiger partial charge in [0.2, 0.25) is 0 Å². The topological polar surface area (TPSA) is 63.6 Å². The quantitative estimate of drug-likeness (QED) is 0.791. The third kappa shape index (κ3) is 3.28. The van der Waals surface area contributed by atoms with Crippen LogP contribution in [0.15, 0.2) is 18.2 Å². The molecule has 2 saturated carbocycles. The van der Waals surface area contributed by atoms with Crippen LogP contribution in [0.4, 0.5) is 0 Å².